The van der Waals surface area contributed by atoms with E-state index in [4.69, 9.17) is 4.74 Å². The van der Waals surface area contributed by atoms with E-state index in [2.05, 4.69) is 28.2 Å². The maximum atomic E-state index is 12.3. The monoisotopic (exact) mass is 339 g/mol. The average Bonchev–Trinajstić information content (AvgIpc) is 2.47. The van der Waals surface area contributed by atoms with Crippen molar-refractivity contribution in [3.05, 3.63) is 28.2 Å². The molecule has 2 rings (SSSR count). The molecule has 0 unspecified atom stereocenters. The van der Waals surface area contributed by atoms with Gasteiger partial charge in [-0.05, 0) is 49.8 Å². The Morgan fingerprint density at radius 1 is 1.35 bits per heavy atom. The fraction of sp³-hybridized carbons (Fsp3) is 0.562. The lowest BCUT2D eigenvalue weighted by atomic mass is 9.84. The van der Waals surface area contributed by atoms with Gasteiger partial charge in [-0.25, -0.2) is 0 Å². The van der Waals surface area contributed by atoms with Crippen molar-refractivity contribution >= 4 is 21.8 Å². The number of halogens is 1. The summed E-state index contributed by atoms with van der Waals surface area (Å²) in [6.07, 6.45) is 5.87. The topological polar surface area (TPSA) is 38.3 Å². The molecule has 1 saturated carbocycles. The highest BCUT2D eigenvalue weighted by atomic mass is 79.9. The summed E-state index contributed by atoms with van der Waals surface area (Å²) in [5, 5.41) is 3.14. The smallest absolute Gasteiger partial charge is 0.255 e. The lowest BCUT2D eigenvalue weighted by molar-refractivity contribution is 0.0918. The van der Waals surface area contributed by atoms with Crippen molar-refractivity contribution in [3.63, 3.8) is 0 Å². The highest BCUT2D eigenvalue weighted by molar-refractivity contribution is 9.10. The molecule has 20 heavy (non-hydrogen) atoms. The summed E-state index contributed by atoms with van der Waals surface area (Å²) >= 11 is 3.39. The van der Waals surface area contributed by atoms with Gasteiger partial charge in [0.05, 0.1) is 12.7 Å². The van der Waals surface area contributed by atoms with Crippen LogP contribution in [0.15, 0.2) is 22.7 Å². The first-order valence-electron chi connectivity index (χ1n) is 7.28. The number of ether oxygens (including phenoxy) is 1. The van der Waals surface area contributed by atoms with E-state index in [0.29, 0.717) is 17.4 Å². The quantitative estimate of drug-likeness (QED) is 0.894. The Bertz CT molecular complexity index is 468. The molecular formula is C16H22BrNO2. The highest BCUT2D eigenvalue weighted by Crippen LogP contribution is 2.28. The fourth-order valence-corrected chi connectivity index (χ4v) is 3.17. The number of carbonyl (C=O) groups is 1. The van der Waals surface area contributed by atoms with Gasteiger partial charge in [-0.2, -0.15) is 0 Å². The predicted molar refractivity (Wildman–Crippen MR) is 84.2 cm³/mol. The summed E-state index contributed by atoms with van der Waals surface area (Å²) in [6, 6.07) is 5.79. The Kier molecular flexibility index (Phi) is 5.46. The molecule has 1 fully saturated rings. The third-order valence-corrected chi connectivity index (χ3v) is 4.66. The van der Waals surface area contributed by atoms with Gasteiger partial charge >= 0.3 is 0 Å². The van der Waals surface area contributed by atoms with Gasteiger partial charge in [0.1, 0.15) is 5.75 Å². The number of rotatable bonds is 4. The number of hydrogen-bond donors (Lipinski definition) is 1. The molecule has 0 spiro atoms. The van der Waals surface area contributed by atoms with Crippen molar-refractivity contribution < 1.29 is 9.53 Å². The molecule has 3 nitrogen and oxygen atoms in total. The van der Waals surface area contributed by atoms with Crippen LogP contribution in [0.2, 0.25) is 0 Å². The molecule has 1 aliphatic carbocycles. The highest BCUT2D eigenvalue weighted by Gasteiger charge is 2.22. The van der Waals surface area contributed by atoms with E-state index in [1.54, 1.807) is 13.2 Å². The van der Waals surface area contributed by atoms with Crippen LogP contribution in [-0.4, -0.2) is 19.1 Å². The third kappa shape index (κ3) is 3.75. The van der Waals surface area contributed by atoms with Gasteiger partial charge in [-0.1, -0.05) is 29.3 Å². The van der Waals surface area contributed by atoms with Crippen molar-refractivity contribution in [2.24, 2.45) is 5.92 Å². The molecule has 0 aliphatic heterocycles. The zero-order valence-electron chi connectivity index (χ0n) is 12.1. The van der Waals surface area contributed by atoms with Gasteiger partial charge in [0.2, 0.25) is 0 Å². The fourth-order valence-electron chi connectivity index (χ4n) is 2.83. The second-order valence-electron chi connectivity index (χ2n) is 5.44. The normalized spacial score (nSPS) is 22.4. The summed E-state index contributed by atoms with van der Waals surface area (Å²) in [5.41, 5.74) is 0.605. The number of methoxy groups -OCH3 is 1. The summed E-state index contributed by atoms with van der Waals surface area (Å²) in [7, 11) is 1.59. The van der Waals surface area contributed by atoms with E-state index in [1.165, 1.54) is 19.3 Å². The lowest BCUT2D eigenvalue weighted by Gasteiger charge is -2.28. The van der Waals surface area contributed by atoms with Gasteiger partial charge in [-0.3, -0.25) is 4.79 Å². The first-order chi connectivity index (χ1) is 9.63. The zero-order chi connectivity index (χ0) is 14.5. The molecule has 0 radical (unpaired) electrons. The average molecular weight is 340 g/mol. The summed E-state index contributed by atoms with van der Waals surface area (Å²) in [4.78, 5) is 12.3. The minimum atomic E-state index is -0.0331. The Hall–Kier alpha value is -1.03. The van der Waals surface area contributed by atoms with E-state index >= 15 is 0 Å². The van der Waals surface area contributed by atoms with Crippen LogP contribution in [0, 0.1) is 5.92 Å². The number of hydrogen-bond acceptors (Lipinski definition) is 2. The van der Waals surface area contributed by atoms with Crippen LogP contribution in [-0.2, 0) is 0 Å². The molecule has 1 aromatic rings. The molecule has 1 N–H and O–H groups in total. The SMILES string of the molecule is CCC1CCC(NC(=O)c2ccc(Br)cc2OC)CC1. The van der Waals surface area contributed by atoms with Gasteiger partial charge in [0.15, 0.2) is 0 Å². The van der Waals surface area contributed by atoms with Crippen LogP contribution < -0.4 is 10.1 Å². The van der Waals surface area contributed by atoms with Crippen molar-refractivity contribution in [2.75, 3.05) is 7.11 Å². The van der Waals surface area contributed by atoms with Crippen LogP contribution in [0.5, 0.6) is 5.75 Å². The molecular weight excluding hydrogens is 318 g/mol. The van der Waals surface area contributed by atoms with E-state index in [-0.39, 0.29) is 5.91 Å². The van der Waals surface area contributed by atoms with E-state index in [9.17, 15) is 4.79 Å². The molecule has 0 heterocycles. The molecule has 1 aromatic carbocycles. The Labute approximate surface area is 129 Å². The van der Waals surface area contributed by atoms with Gasteiger partial charge < -0.3 is 10.1 Å². The Morgan fingerprint density at radius 2 is 2.05 bits per heavy atom. The van der Waals surface area contributed by atoms with Crippen molar-refractivity contribution in [3.8, 4) is 5.75 Å². The van der Waals surface area contributed by atoms with Crippen molar-refractivity contribution in [2.45, 2.75) is 45.1 Å². The molecule has 0 atom stereocenters. The second-order valence-corrected chi connectivity index (χ2v) is 6.36. The largest absolute Gasteiger partial charge is 0.496 e. The summed E-state index contributed by atoms with van der Waals surface area (Å²) in [6.45, 7) is 2.25. The number of carbonyl (C=O) groups excluding carboxylic acids is 1. The molecule has 0 bridgehead atoms. The number of benzene rings is 1. The number of nitrogens with one attached hydrogen (secondary N) is 1. The molecule has 1 aliphatic rings. The standard InChI is InChI=1S/C16H22BrNO2/c1-3-11-4-7-13(8-5-11)18-16(19)14-9-6-12(17)10-15(14)20-2/h6,9-11,13H,3-5,7-8H2,1-2H3,(H,18,19). The Balaban J connectivity index is 1.98. The molecule has 4 heteroatoms. The second kappa shape index (κ2) is 7.11. The van der Waals surface area contributed by atoms with Gasteiger partial charge in [-0.15, -0.1) is 0 Å². The van der Waals surface area contributed by atoms with Crippen molar-refractivity contribution in [1.29, 1.82) is 0 Å². The molecule has 110 valence electrons. The maximum absolute atomic E-state index is 12.3. The summed E-state index contributed by atoms with van der Waals surface area (Å²) in [5.74, 6) is 1.42. The Morgan fingerprint density at radius 3 is 2.65 bits per heavy atom. The van der Waals surface area contributed by atoms with Crippen LogP contribution in [0.4, 0.5) is 0 Å². The molecule has 1 amide bonds. The van der Waals surface area contributed by atoms with E-state index < -0.39 is 0 Å². The van der Waals surface area contributed by atoms with Crippen molar-refractivity contribution in [1.82, 2.24) is 5.32 Å². The van der Waals surface area contributed by atoms with E-state index in [0.717, 1.165) is 23.2 Å². The first-order valence-corrected chi connectivity index (χ1v) is 8.07. The minimum Gasteiger partial charge on any atom is -0.496 e. The molecule has 0 aromatic heterocycles. The predicted octanol–water partition coefficient (Wildman–Crippen LogP) is 4.16. The van der Waals surface area contributed by atoms with Crippen LogP contribution >= 0.6 is 15.9 Å². The van der Waals surface area contributed by atoms with Crippen LogP contribution in [0.1, 0.15) is 49.4 Å². The van der Waals surface area contributed by atoms with E-state index in [1.807, 2.05) is 12.1 Å². The number of amides is 1. The third-order valence-electron chi connectivity index (χ3n) is 4.17. The van der Waals surface area contributed by atoms with Gasteiger partial charge in [0, 0.05) is 10.5 Å². The maximum Gasteiger partial charge on any atom is 0.255 e. The molecule has 0 saturated heterocycles. The zero-order valence-corrected chi connectivity index (χ0v) is 13.7. The van der Waals surface area contributed by atoms with Crippen LogP contribution in [0.25, 0.3) is 0 Å². The summed E-state index contributed by atoms with van der Waals surface area (Å²) < 4.78 is 6.19. The minimum absolute atomic E-state index is 0.0331. The first kappa shape index (κ1) is 15.4. The van der Waals surface area contributed by atoms with Gasteiger partial charge in [0.25, 0.3) is 5.91 Å². The van der Waals surface area contributed by atoms with Crippen LogP contribution in [0.3, 0.4) is 0 Å². The lowest BCUT2D eigenvalue weighted by Crippen LogP contribution is -2.37.